The molecular formula is C38H48N6O22S2. The molecule has 2 aliphatic heterocycles. The summed E-state index contributed by atoms with van der Waals surface area (Å²) >= 11 is 1.76. The van der Waals surface area contributed by atoms with Crippen molar-refractivity contribution in [3.05, 3.63) is 41.7 Å². The summed E-state index contributed by atoms with van der Waals surface area (Å²) in [6.45, 7) is 7.07. The van der Waals surface area contributed by atoms with Gasteiger partial charge < -0.3 is 47.4 Å². The molecular weight excluding hydrogens is 957 g/mol. The van der Waals surface area contributed by atoms with Gasteiger partial charge in [-0.05, 0) is 24.3 Å². The van der Waals surface area contributed by atoms with Gasteiger partial charge in [0.1, 0.15) is 25.4 Å². The maximum Gasteiger partial charge on any atom is 0.347 e. The van der Waals surface area contributed by atoms with Gasteiger partial charge in [-0.15, -0.1) is 0 Å². The fourth-order valence-corrected chi connectivity index (χ4v) is 8.41. The van der Waals surface area contributed by atoms with Crippen LogP contribution >= 0.6 is 23.5 Å². The number of thioether (sulfide) groups is 2. The summed E-state index contributed by atoms with van der Waals surface area (Å²) < 4.78 is 55.7. The molecule has 28 nitrogen and oxygen atoms in total. The molecule has 2 aromatic heterocycles. The minimum absolute atomic E-state index is 0.168. The highest BCUT2D eigenvalue weighted by Gasteiger charge is 2.55. The Hall–Kier alpha value is -6.40. The third-order valence-corrected chi connectivity index (χ3v) is 11.1. The Balaban J connectivity index is 1.56. The van der Waals surface area contributed by atoms with Crippen molar-refractivity contribution in [1.82, 2.24) is 29.5 Å². The maximum atomic E-state index is 13.2. The third-order valence-electron chi connectivity index (χ3n) is 9.07. The number of hydrogen-bond acceptors (Lipinski definition) is 26. The molecule has 0 saturated carbocycles. The van der Waals surface area contributed by atoms with Crippen LogP contribution in [-0.4, -0.2) is 151 Å². The van der Waals surface area contributed by atoms with Gasteiger partial charge in [0.25, 0.3) is 11.1 Å². The molecule has 2 aromatic rings. The Morgan fingerprint density at radius 2 is 0.765 bits per heavy atom. The van der Waals surface area contributed by atoms with E-state index in [0.29, 0.717) is 22.2 Å². The molecule has 0 spiro atoms. The van der Waals surface area contributed by atoms with E-state index >= 15 is 0 Å². The van der Waals surface area contributed by atoms with Crippen molar-refractivity contribution in [2.24, 2.45) is 0 Å². The van der Waals surface area contributed by atoms with Gasteiger partial charge in [-0.2, -0.15) is 19.6 Å². The fraction of sp³-hybridized carbons (Fsp3) is 0.632. The Kier molecular flexibility index (Phi) is 19.6. The zero-order valence-electron chi connectivity index (χ0n) is 37.6. The molecule has 0 aliphatic carbocycles. The van der Waals surface area contributed by atoms with Gasteiger partial charge in [-0.3, -0.25) is 57.9 Å². The highest BCUT2D eigenvalue weighted by atomic mass is 32.2. The van der Waals surface area contributed by atoms with Crippen LogP contribution in [0.3, 0.4) is 0 Å². The van der Waals surface area contributed by atoms with Gasteiger partial charge in [-0.25, -0.2) is 9.59 Å². The van der Waals surface area contributed by atoms with Crippen LogP contribution in [0.2, 0.25) is 0 Å². The molecule has 0 amide bonds. The highest BCUT2D eigenvalue weighted by molar-refractivity contribution is 7.99. The maximum absolute atomic E-state index is 13.2. The van der Waals surface area contributed by atoms with Gasteiger partial charge in [0.05, 0.1) is 0 Å². The highest BCUT2D eigenvalue weighted by Crippen LogP contribution is 2.35. The number of carbonyl (C=O) groups excluding carboxylic acids is 8. The minimum atomic E-state index is -1.75. The average Bonchev–Trinajstić information content (AvgIpc) is 3.21. The van der Waals surface area contributed by atoms with E-state index in [1.54, 1.807) is 0 Å². The second kappa shape index (κ2) is 24.6. The summed E-state index contributed by atoms with van der Waals surface area (Å²) in [6, 6.07) is 0. The monoisotopic (exact) mass is 1000 g/mol. The summed E-state index contributed by atoms with van der Waals surface area (Å²) in [7, 11) is 0. The van der Waals surface area contributed by atoms with E-state index in [4.69, 9.17) is 47.4 Å². The van der Waals surface area contributed by atoms with E-state index < -0.39 is 145 Å². The van der Waals surface area contributed by atoms with Gasteiger partial charge >= 0.3 is 59.1 Å². The van der Waals surface area contributed by atoms with E-state index in [-0.39, 0.29) is 21.6 Å². The van der Waals surface area contributed by atoms with E-state index in [0.717, 1.165) is 78.9 Å². The standard InChI is InChI=1S/C38H48N6O22S2/c1-15(45)57-13-23-25(59-17(3)47)27(61-19(5)49)29(63-21(7)51)35(65-23)43-37(55)39-31(53)33(41-43)67-11-9-10-12-68-34-32(54)40-38(56)44(42-34)36-30(64-22(8)52)28(62-20(6)50)26(60-18(4)48)24(66-36)14-58-16(2)46/h23-30,35-36H,9-14H2,1-8H3,(H,39,53,55)(H,40,54,56)/t23?,24?,25-,26-,27?,28?,29?,30?,35+,36+/m0/s1. The Morgan fingerprint density at radius 1 is 0.471 bits per heavy atom. The van der Waals surface area contributed by atoms with Crippen LogP contribution in [0.5, 0.6) is 0 Å². The van der Waals surface area contributed by atoms with Crippen molar-refractivity contribution in [2.75, 3.05) is 24.7 Å². The SMILES string of the molecule is CC(=O)OCC1O[C@@H](n2nc(SCCCCSc3nn([C@@H]4OC(COC(C)=O)[C@H](OC(C)=O)C(OC(C)=O)C4OC(C)=O)c(=O)[nH]c3=O)c(=O)[nH]c2=O)C(OC(C)=O)C(OC(C)=O)[C@H]1OC(C)=O. The van der Waals surface area contributed by atoms with Crippen molar-refractivity contribution in [3.8, 4) is 0 Å². The van der Waals surface area contributed by atoms with Crippen molar-refractivity contribution in [3.63, 3.8) is 0 Å². The third kappa shape index (κ3) is 15.1. The lowest BCUT2D eigenvalue weighted by atomic mass is 9.97. The molecule has 4 rings (SSSR count). The Morgan fingerprint density at radius 3 is 1.06 bits per heavy atom. The lowest BCUT2D eigenvalue weighted by molar-refractivity contribution is -0.271. The molecule has 30 heteroatoms. The normalized spacial score (nSPS) is 24.4. The minimum Gasteiger partial charge on any atom is -0.463 e. The van der Waals surface area contributed by atoms with Gasteiger partial charge in [0.2, 0.25) is 0 Å². The largest absolute Gasteiger partial charge is 0.463 e. The summed E-state index contributed by atoms with van der Waals surface area (Å²) in [5.74, 6) is -6.69. The zero-order valence-corrected chi connectivity index (χ0v) is 39.2. The number of H-pyrrole nitrogens is 2. The number of rotatable bonds is 19. The summed E-state index contributed by atoms with van der Waals surface area (Å²) in [6.07, 6.45) is -15.4. The number of esters is 8. The number of unbranched alkanes of at least 4 members (excludes halogenated alkanes) is 1. The van der Waals surface area contributed by atoms with E-state index in [1.165, 1.54) is 0 Å². The van der Waals surface area contributed by atoms with Crippen LogP contribution in [0.25, 0.3) is 0 Å². The molecule has 68 heavy (non-hydrogen) atoms. The smallest absolute Gasteiger partial charge is 0.347 e. The number of nitrogens with zero attached hydrogens (tertiary/aromatic N) is 4. The van der Waals surface area contributed by atoms with Crippen LogP contribution in [0.4, 0.5) is 0 Å². The number of hydrogen-bond donors (Lipinski definition) is 2. The zero-order chi connectivity index (χ0) is 50.6. The first kappa shape index (κ1) is 54.2. The molecule has 10 atom stereocenters. The number of carbonyl (C=O) groups is 8. The van der Waals surface area contributed by atoms with Crippen molar-refractivity contribution < 1.29 is 85.7 Å². The molecule has 2 aliphatic rings. The van der Waals surface area contributed by atoms with E-state index in [2.05, 4.69) is 20.2 Å². The first-order chi connectivity index (χ1) is 32.0. The molecule has 0 radical (unpaired) electrons. The van der Waals surface area contributed by atoms with Crippen LogP contribution in [-0.2, 0) is 85.7 Å². The molecule has 2 fully saturated rings. The molecule has 0 bridgehead atoms. The molecule has 0 aromatic carbocycles. The van der Waals surface area contributed by atoms with Gasteiger partial charge in [0.15, 0.2) is 59.1 Å². The average molecular weight is 1000 g/mol. The predicted octanol–water partition coefficient (Wildman–Crippen LogP) is -1.65. The molecule has 2 saturated heterocycles. The van der Waals surface area contributed by atoms with E-state index in [9.17, 15) is 57.5 Å². The van der Waals surface area contributed by atoms with Crippen LogP contribution in [0.15, 0.2) is 29.2 Å². The molecule has 6 unspecified atom stereocenters. The Bertz CT molecular complexity index is 2300. The van der Waals surface area contributed by atoms with Crippen LogP contribution in [0, 0.1) is 0 Å². The quantitative estimate of drug-likeness (QED) is 0.0689. The lowest BCUT2D eigenvalue weighted by Crippen LogP contribution is -2.62. The van der Waals surface area contributed by atoms with Crippen LogP contribution in [0.1, 0.15) is 80.7 Å². The topological polar surface area (TPSA) is 364 Å². The molecule has 2 N–H and O–H groups in total. The number of nitrogens with one attached hydrogen (secondary N) is 2. The summed E-state index contributed by atoms with van der Waals surface area (Å²) in [5, 5.41) is 7.74. The predicted molar refractivity (Wildman–Crippen MR) is 223 cm³/mol. The van der Waals surface area contributed by atoms with Gasteiger partial charge in [-0.1, -0.05) is 23.5 Å². The summed E-state index contributed by atoms with van der Waals surface area (Å²) in [4.78, 5) is 153. The lowest BCUT2D eigenvalue weighted by Gasteiger charge is -2.44. The number of aromatic nitrogens is 6. The first-order valence-corrected chi connectivity index (χ1v) is 22.3. The van der Waals surface area contributed by atoms with Gasteiger partial charge in [0, 0.05) is 55.4 Å². The van der Waals surface area contributed by atoms with Crippen molar-refractivity contribution >= 4 is 71.3 Å². The first-order valence-electron chi connectivity index (χ1n) is 20.3. The molecule has 4 heterocycles. The van der Waals surface area contributed by atoms with Crippen molar-refractivity contribution in [1.29, 1.82) is 0 Å². The number of ether oxygens (including phenoxy) is 10. The number of aromatic amines is 2. The molecule has 374 valence electrons. The van der Waals surface area contributed by atoms with E-state index in [1.807, 2.05) is 0 Å². The summed E-state index contributed by atoms with van der Waals surface area (Å²) in [5.41, 5.74) is -4.15. The Labute approximate surface area is 391 Å². The van der Waals surface area contributed by atoms with Crippen LogP contribution < -0.4 is 22.5 Å². The van der Waals surface area contributed by atoms with Crippen molar-refractivity contribution in [2.45, 2.75) is 140 Å². The fourth-order valence-electron chi connectivity index (χ4n) is 6.67. The second-order valence-electron chi connectivity index (χ2n) is 14.6. The second-order valence-corrected chi connectivity index (χ2v) is 16.8.